The number of nitrogens with zero attached hydrogens (tertiary/aromatic N) is 4. The van der Waals surface area contributed by atoms with Crippen LogP contribution in [-0.2, 0) is 0 Å². The molecule has 1 N–H and O–H groups in total. The summed E-state index contributed by atoms with van der Waals surface area (Å²) in [5.41, 5.74) is 3.73. The molecule has 1 aliphatic heterocycles. The number of hydrogen-bond donors (Lipinski definition) is 1. The van der Waals surface area contributed by atoms with Crippen molar-refractivity contribution in [1.29, 1.82) is 0 Å². The number of aryl methyl sites for hydroxylation is 1. The molecular formula is C30H31N5O3. The fraction of sp³-hybridized carbons (Fsp3) is 0.233. The minimum atomic E-state index is -0.366. The predicted octanol–water partition coefficient (Wildman–Crippen LogP) is 4.77. The first-order valence-corrected chi connectivity index (χ1v) is 12.7. The van der Waals surface area contributed by atoms with Crippen LogP contribution < -0.4 is 15.6 Å². The van der Waals surface area contributed by atoms with Crippen molar-refractivity contribution in [2.24, 2.45) is 0 Å². The molecule has 0 aliphatic carbocycles. The molecule has 5 rings (SSSR count). The number of anilines is 2. The molecule has 0 atom stereocenters. The molecule has 38 heavy (non-hydrogen) atoms. The van der Waals surface area contributed by atoms with Crippen LogP contribution in [0.5, 0.6) is 11.5 Å². The van der Waals surface area contributed by atoms with E-state index in [2.05, 4.69) is 22.4 Å². The van der Waals surface area contributed by atoms with Gasteiger partial charge in [0.2, 0.25) is 0 Å². The van der Waals surface area contributed by atoms with Crippen LogP contribution >= 0.6 is 0 Å². The summed E-state index contributed by atoms with van der Waals surface area (Å²) < 4.78 is 7.56. The van der Waals surface area contributed by atoms with Crippen molar-refractivity contribution in [2.45, 2.75) is 13.8 Å². The molecule has 3 aromatic carbocycles. The summed E-state index contributed by atoms with van der Waals surface area (Å²) >= 11 is 0. The van der Waals surface area contributed by atoms with Crippen molar-refractivity contribution < 1.29 is 9.53 Å². The number of para-hydroxylation sites is 1. The van der Waals surface area contributed by atoms with Gasteiger partial charge in [-0.05, 0) is 68.4 Å². The Labute approximate surface area is 222 Å². The van der Waals surface area contributed by atoms with E-state index in [4.69, 9.17) is 4.74 Å². The van der Waals surface area contributed by atoms with Crippen molar-refractivity contribution in [2.75, 3.05) is 38.5 Å². The van der Waals surface area contributed by atoms with E-state index in [1.165, 1.54) is 10.9 Å². The summed E-state index contributed by atoms with van der Waals surface area (Å²) in [6.45, 7) is 7.05. The van der Waals surface area contributed by atoms with E-state index < -0.39 is 0 Å². The number of likely N-dealkylation sites (N-methyl/N-ethyl adjacent to an activating group) is 1. The minimum absolute atomic E-state index is 0.0231. The molecule has 0 spiro atoms. The third-order valence-corrected chi connectivity index (χ3v) is 6.89. The zero-order chi connectivity index (χ0) is 26.6. The van der Waals surface area contributed by atoms with Gasteiger partial charge >= 0.3 is 0 Å². The molecular weight excluding hydrogens is 478 g/mol. The highest BCUT2D eigenvalue weighted by atomic mass is 16.5. The van der Waals surface area contributed by atoms with Crippen LogP contribution in [0.4, 0.5) is 11.4 Å². The summed E-state index contributed by atoms with van der Waals surface area (Å²) in [5, 5.41) is 7.62. The lowest BCUT2D eigenvalue weighted by Crippen LogP contribution is -2.47. The van der Waals surface area contributed by atoms with Crippen molar-refractivity contribution in [3.05, 3.63) is 106 Å². The van der Waals surface area contributed by atoms with Crippen molar-refractivity contribution >= 4 is 17.3 Å². The second-order valence-electron chi connectivity index (χ2n) is 9.54. The molecule has 1 aliphatic rings. The number of carbonyl (C=O) groups excluding carboxylic acids is 1. The summed E-state index contributed by atoms with van der Waals surface area (Å²) in [6, 6.07) is 22.2. The Bertz CT molecular complexity index is 1510. The average Bonchev–Trinajstić information content (AvgIpc) is 2.94. The highest BCUT2D eigenvalue weighted by Gasteiger charge is 2.21. The average molecular weight is 510 g/mol. The van der Waals surface area contributed by atoms with Gasteiger partial charge in [0.15, 0.2) is 11.4 Å². The number of piperazine rings is 1. The molecule has 0 unspecified atom stereocenters. The molecule has 0 bridgehead atoms. The van der Waals surface area contributed by atoms with Crippen LogP contribution in [0, 0.1) is 13.8 Å². The first kappa shape index (κ1) is 25.2. The van der Waals surface area contributed by atoms with Crippen LogP contribution in [0.25, 0.3) is 5.69 Å². The SMILES string of the molecule is Cc1cccc(Oc2cnn(-c3ccccc3)c(=O)c2Nc2cccc(C(=O)N3CCN(C)CC3)c2)c1C. The molecule has 1 aromatic heterocycles. The van der Waals surface area contributed by atoms with Crippen molar-refractivity contribution in [1.82, 2.24) is 19.6 Å². The summed E-state index contributed by atoms with van der Waals surface area (Å²) in [5.74, 6) is 0.919. The summed E-state index contributed by atoms with van der Waals surface area (Å²) in [6.07, 6.45) is 1.54. The van der Waals surface area contributed by atoms with E-state index in [9.17, 15) is 9.59 Å². The zero-order valence-electron chi connectivity index (χ0n) is 21.8. The van der Waals surface area contributed by atoms with Gasteiger partial charge in [-0.2, -0.15) is 9.78 Å². The Morgan fingerprint density at radius 1 is 0.895 bits per heavy atom. The number of hydrogen-bond acceptors (Lipinski definition) is 6. The zero-order valence-corrected chi connectivity index (χ0v) is 21.8. The lowest BCUT2D eigenvalue weighted by Gasteiger charge is -2.32. The predicted molar refractivity (Wildman–Crippen MR) is 149 cm³/mol. The third kappa shape index (κ3) is 5.31. The first-order chi connectivity index (χ1) is 18.4. The molecule has 8 heteroatoms. The van der Waals surface area contributed by atoms with Gasteiger partial charge in [0, 0.05) is 37.4 Å². The van der Waals surface area contributed by atoms with Crippen LogP contribution in [0.2, 0.25) is 0 Å². The van der Waals surface area contributed by atoms with Crippen molar-refractivity contribution in [3.8, 4) is 17.2 Å². The molecule has 194 valence electrons. The van der Waals surface area contributed by atoms with Gasteiger partial charge in [-0.1, -0.05) is 36.4 Å². The third-order valence-electron chi connectivity index (χ3n) is 6.89. The first-order valence-electron chi connectivity index (χ1n) is 12.7. The van der Waals surface area contributed by atoms with Gasteiger partial charge in [0.05, 0.1) is 11.9 Å². The molecule has 2 heterocycles. The van der Waals surface area contributed by atoms with E-state index in [1.807, 2.05) is 79.4 Å². The van der Waals surface area contributed by atoms with Gasteiger partial charge in [0.25, 0.3) is 11.5 Å². The lowest BCUT2D eigenvalue weighted by atomic mass is 10.1. The molecule has 4 aromatic rings. The van der Waals surface area contributed by atoms with Gasteiger partial charge in [0.1, 0.15) is 5.75 Å². The number of carbonyl (C=O) groups is 1. The number of amides is 1. The summed E-state index contributed by atoms with van der Waals surface area (Å²) in [4.78, 5) is 31.0. The topological polar surface area (TPSA) is 79.7 Å². The van der Waals surface area contributed by atoms with Gasteiger partial charge < -0.3 is 19.9 Å². The van der Waals surface area contributed by atoms with Crippen LogP contribution in [0.3, 0.4) is 0 Å². The van der Waals surface area contributed by atoms with Gasteiger partial charge in [-0.25, -0.2) is 0 Å². The molecule has 1 amide bonds. The largest absolute Gasteiger partial charge is 0.453 e. The van der Waals surface area contributed by atoms with E-state index in [1.54, 1.807) is 12.1 Å². The molecule has 0 saturated carbocycles. The normalized spacial score (nSPS) is 13.8. The second kappa shape index (κ2) is 10.9. The molecule has 8 nitrogen and oxygen atoms in total. The van der Waals surface area contributed by atoms with E-state index >= 15 is 0 Å². The Morgan fingerprint density at radius 2 is 1.63 bits per heavy atom. The second-order valence-corrected chi connectivity index (χ2v) is 9.54. The van der Waals surface area contributed by atoms with Crippen LogP contribution in [0.15, 0.2) is 83.8 Å². The van der Waals surface area contributed by atoms with E-state index in [-0.39, 0.29) is 17.2 Å². The monoisotopic (exact) mass is 509 g/mol. The van der Waals surface area contributed by atoms with E-state index in [0.29, 0.717) is 41.5 Å². The molecule has 1 fully saturated rings. The Hall–Kier alpha value is -4.43. The highest BCUT2D eigenvalue weighted by Crippen LogP contribution is 2.32. The quantitative estimate of drug-likeness (QED) is 0.403. The number of benzene rings is 3. The standard InChI is InChI=1S/C30H31N5O3/c1-21-9-7-14-26(22(21)2)38-27-20-31-35(25-12-5-4-6-13-25)30(37)28(27)32-24-11-8-10-23(19-24)29(36)34-17-15-33(3)16-18-34/h4-14,19-20,32H,15-18H2,1-3H3. The number of nitrogens with one attached hydrogen (secondary N) is 1. The fourth-order valence-corrected chi connectivity index (χ4v) is 4.40. The molecule has 0 radical (unpaired) electrons. The number of aromatic nitrogens is 2. The minimum Gasteiger partial charge on any atom is -0.453 e. The Morgan fingerprint density at radius 3 is 2.39 bits per heavy atom. The number of rotatable bonds is 6. The van der Waals surface area contributed by atoms with Crippen LogP contribution in [-0.4, -0.2) is 58.7 Å². The Kier molecular flexibility index (Phi) is 7.24. The maximum absolute atomic E-state index is 13.7. The highest BCUT2D eigenvalue weighted by molar-refractivity contribution is 5.95. The lowest BCUT2D eigenvalue weighted by molar-refractivity contribution is 0.0664. The van der Waals surface area contributed by atoms with E-state index in [0.717, 1.165) is 24.2 Å². The summed E-state index contributed by atoms with van der Waals surface area (Å²) in [7, 11) is 2.06. The maximum atomic E-state index is 13.7. The van der Waals surface area contributed by atoms with Crippen molar-refractivity contribution in [3.63, 3.8) is 0 Å². The van der Waals surface area contributed by atoms with Crippen LogP contribution in [0.1, 0.15) is 21.5 Å². The smallest absolute Gasteiger partial charge is 0.299 e. The molecule has 1 saturated heterocycles. The van der Waals surface area contributed by atoms with Gasteiger partial charge in [-0.3, -0.25) is 9.59 Å². The van der Waals surface area contributed by atoms with Gasteiger partial charge in [-0.15, -0.1) is 0 Å². The number of ether oxygens (including phenoxy) is 1. The Balaban J connectivity index is 1.51. The maximum Gasteiger partial charge on any atom is 0.299 e. The fourth-order valence-electron chi connectivity index (χ4n) is 4.40.